The van der Waals surface area contributed by atoms with Crippen LogP contribution in [-0.2, 0) is 17.6 Å². The molecule has 0 aromatic carbocycles. The first-order valence-electron chi connectivity index (χ1n) is 7.53. The van der Waals surface area contributed by atoms with Crippen LogP contribution in [0.4, 0.5) is 5.00 Å². The fourth-order valence-corrected chi connectivity index (χ4v) is 3.97. The summed E-state index contributed by atoms with van der Waals surface area (Å²) >= 11 is 6.91. The number of rotatable bonds is 5. The number of fused-ring (bicyclic) bond motifs is 1. The van der Waals surface area contributed by atoms with E-state index in [2.05, 4.69) is 17.2 Å². The summed E-state index contributed by atoms with van der Waals surface area (Å²) in [5.41, 5.74) is 2.81. The van der Waals surface area contributed by atoms with Gasteiger partial charge in [-0.2, -0.15) is 0 Å². The van der Waals surface area contributed by atoms with E-state index in [-0.39, 0.29) is 5.97 Å². The van der Waals surface area contributed by atoms with E-state index >= 15 is 0 Å². The van der Waals surface area contributed by atoms with Crippen LogP contribution in [0.2, 0.25) is 0 Å². The summed E-state index contributed by atoms with van der Waals surface area (Å²) in [6.45, 7) is 8.59. The number of anilines is 1. The maximum Gasteiger partial charge on any atom is 0.341 e. The smallest absolute Gasteiger partial charge is 0.341 e. The van der Waals surface area contributed by atoms with E-state index in [9.17, 15) is 4.79 Å². The fourth-order valence-electron chi connectivity index (χ4n) is 2.45. The first-order valence-corrected chi connectivity index (χ1v) is 8.76. The normalized spacial score (nSPS) is 13.2. The van der Waals surface area contributed by atoms with Crippen LogP contribution in [0.1, 0.15) is 47.5 Å². The molecular formula is C16H22N2O2S2. The molecule has 4 nitrogen and oxygen atoms in total. The lowest BCUT2D eigenvalue weighted by Gasteiger charge is -2.13. The lowest BCUT2D eigenvalue weighted by molar-refractivity contribution is 0.0526. The average Bonchev–Trinajstić information content (AvgIpc) is 2.83. The zero-order valence-corrected chi connectivity index (χ0v) is 14.7. The van der Waals surface area contributed by atoms with Crippen LogP contribution in [0.25, 0.3) is 0 Å². The second kappa shape index (κ2) is 7.74. The molecular weight excluding hydrogens is 316 g/mol. The van der Waals surface area contributed by atoms with Gasteiger partial charge in [0.05, 0.1) is 12.2 Å². The van der Waals surface area contributed by atoms with Crippen molar-refractivity contribution in [2.75, 3.05) is 18.5 Å². The fraction of sp³-hybridized carbons (Fsp3) is 0.500. The van der Waals surface area contributed by atoms with E-state index in [0.29, 0.717) is 23.8 Å². The molecule has 0 atom stereocenters. The summed E-state index contributed by atoms with van der Waals surface area (Å²) in [6, 6.07) is 0. The third-order valence-corrected chi connectivity index (χ3v) is 4.88. The highest BCUT2D eigenvalue weighted by Gasteiger charge is 2.26. The molecule has 1 aliphatic rings. The van der Waals surface area contributed by atoms with Crippen LogP contribution >= 0.6 is 23.6 Å². The number of esters is 1. The SMILES string of the molecule is C=C(C)CNC(=S)Nc1sc2c(c1C(=O)OCC)CCCC2. The molecule has 1 aliphatic carbocycles. The number of hydrogen-bond donors (Lipinski definition) is 2. The number of aryl methyl sites for hydroxylation is 1. The Morgan fingerprint density at radius 2 is 2.14 bits per heavy atom. The van der Waals surface area contributed by atoms with Gasteiger partial charge in [-0.05, 0) is 57.3 Å². The predicted molar refractivity (Wildman–Crippen MR) is 96.0 cm³/mol. The number of carbonyl (C=O) groups is 1. The number of carbonyl (C=O) groups excluding carboxylic acids is 1. The van der Waals surface area contributed by atoms with Gasteiger partial charge in [0.15, 0.2) is 5.11 Å². The third-order valence-electron chi connectivity index (χ3n) is 3.43. The second-order valence-corrected chi connectivity index (χ2v) is 6.91. The van der Waals surface area contributed by atoms with Crippen LogP contribution < -0.4 is 10.6 Å². The molecule has 120 valence electrons. The molecule has 0 bridgehead atoms. The standard InChI is InChI=1S/C16H22N2O2S2/c1-4-20-15(19)13-11-7-5-6-8-12(11)22-14(13)18-16(21)17-9-10(2)3/h2,4-9H2,1,3H3,(H2,17,18,21). The van der Waals surface area contributed by atoms with Crippen molar-refractivity contribution in [2.24, 2.45) is 0 Å². The van der Waals surface area contributed by atoms with Gasteiger partial charge in [0.2, 0.25) is 0 Å². The lowest BCUT2D eigenvalue weighted by Crippen LogP contribution is -2.29. The maximum atomic E-state index is 12.3. The van der Waals surface area contributed by atoms with Crippen molar-refractivity contribution in [3.05, 3.63) is 28.2 Å². The van der Waals surface area contributed by atoms with Gasteiger partial charge in [-0.15, -0.1) is 11.3 Å². The average molecular weight is 338 g/mol. The van der Waals surface area contributed by atoms with E-state index in [1.807, 2.05) is 13.8 Å². The molecule has 1 aromatic rings. The Balaban J connectivity index is 2.22. The molecule has 2 N–H and O–H groups in total. The molecule has 0 fully saturated rings. The number of nitrogens with one attached hydrogen (secondary N) is 2. The van der Waals surface area contributed by atoms with Crippen molar-refractivity contribution in [1.29, 1.82) is 0 Å². The minimum absolute atomic E-state index is 0.257. The van der Waals surface area contributed by atoms with E-state index in [1.54, 1.807) is 11.3 Å². The molecule has 0 saturated carbocycles. The molecule has 22 heavy (non-hydrogen) atoms. The molecule has 0 aliphatic heterocycles. The Hall–Kier alpha value is -1.40. The van der Waals surface area contributed by atoms with Crippen molar-refractivity contribution < 1.29 is 9.53 Å². The largest absolute Gasteiger partial charge is 0.462 e. The molecule has 1 aromatic heterocycles. The molecule has 0 amide bonds. The summed E-state index contributed by atoms with van der Waals surface area (Å²) in [7, 11) is 0. The first kappa shape index (κ1) is 17.0. The Morgan fingerprint density at radius 1 is 1.41 bits per heavy atom. The molecule has 0 spiro atoms. The van der Waals surface area contributed by atoms with Gasteiger partial charge in [0, 0.05) is 11.4 Å². The Kier molecular flexibility index (Phi) is 5.97. The maximum absolute atomic E-state index is 12.3. The van der Waals surface area contributed by atoms with E-state index in [4.69, 9.17) is 17.0 Å². The topological polar surface area (TPSA) is 50.4 Å². The van der Waals surface area contributed by atoms with Gasteiger partial charge in [0.25, 0.3) is 0 Å². The first-order chi connectivity index (χ1) is 10.5. The van der Waals surface area contributed by atoms with Crippen LogP contribution in [0.3, 0.4) is 0 Å². The predicted octanol–water partition coefficient (Wildman–Crippen LogP) is 3.67. The Bertz CT molecular complexity index is 593. The Labute approximate surface area is 140 Å². The van der Waals surface area contributed by atoms with E-state index in [0.717, 1.165) is 35.4 Å². The summed E-state index contributed by atoms with van der Waals surface area (Å²) in [5, 5.41) is 7.55. The number of thiophene rings is 1. The van der Waals surface area contributed by atoms with E-state index < -0.39 is 0 Å². The summed E-state index contributed by atoms with van der Waals surface area (Å²) in [5.74, 6) is -0.257. The molecule has 0 unspecified atom stereocenters. The van der Waals surface area contributed by atoms with Crippen LogP contribution in [0.5, 0.6) is 0 Å². The lowest BCUT2D eigenvalue weighted by atomic mass is 9.95. The highest BCUT2D eigenvalue weighted by Crippen LogP contribution is 2.38. The summed E-state index contributed by atoms with van der Waals surface area (Å²) in [4.78, 5) is 13.6. The van der Waals surface area contributed by atoms with Crippen LogP contribution in [0, 0.1) is 0 Å². The van der Waals surface area contributed by atoms with Gasteiger partial charge < -0.3 is 15.4 Å². The molecule has 0 saturated heterocycles. The quantitative estimate of drug-likeness (QED) is 0.487. The molecule has 0 radical (unpaired) electrons. The van der Waals surface area contributed by atoms with E-state index in [1.165, 1.54) is 11.3 Å². The van der Waals surface area contributed by atoms with Gasteiger partial charge in [0.1, 0.15) is 5.00 Å². The van der Waals surface area contributed by atoms with Gasteiger partial charge in [-0.1, -0.05) is 12.2 Å². The van der Waals surface area contributed by atoms with Crippen molar-refractivity contribution in [3.63, 3.8) is 0 Å². The van der Waals surface area contributed by atoms with Crippen LogP contribution in [0.15, 0.2) is 12.2 Å². The molecule has 2 rings (SSSR count). The van der Waals surface area contributed by atoms with Crippen LogP contribution in [-0.4, -0.2) is 24.2 Å². The molecule has 1 heterocycles. The van der Waals surface area contributed by atoms with Crippen molar-refractivity contribution in [2.45, 2.75) is 39.5 Å². The van der Waals surface area contributed by atoms with Gasteiger partial charge in [-0.3, -0.25) is 0 Å². The zero-order valence-electron chi connectivity index (χ0n) is 13.1. The highest BCUT2D eigenvalue weighted by molar-refractivity contribution is 7.80. The minimum Gasteiger partial charge on any atom is -0.462 e. The van der Waals surface area contributed by atoms with Crippen molar-refractivity contribution in [3.8, 4) is 0 Å². The monoisotopic (exact) mass is 338 g/mol. The zero-order chi connectivity index (χ0) is 16.1. The summed E-state index contributed by atoms with van der Waals surface area (Å²) in [6.07, 6.45) is 4.26. The van der Waals surface area contributed by atoms with Gasteiger partial charge in [-0.25, -0.2) is 4.79 Å². The number of thiocarbonyl (C=S) groups is 1. The second-order valence-electron chi connectivity index (χ2n) is 5.40. The Morgan fingerprint density at radius 3 is 2.82 bits per heavy atom. The summed E-state index contributed by atoms with van der Waals surface area (Å²) < 4.78 is 5.22. The highest BCUT2D eigenvalue weighted by atomic mass is 32.1. The minimum atomic E-state index is -0.257. The van der Waals surface area contributed by atoms with Crippen molar-refractivity contribution in [1.82, 2.24) is 5.32 Å². The van der Waals surface area contributed by atoms with Crippen molar-refractivity contribution >= 4 is 39.6 Å². The number of hydrogen-bond acceptors (Lipinski definition) is 4. The number of ether oxygens (including phenoxy) is 1. The molecule has 6 heteroatoms. The third kappa shape index (κ3) is 4.08. The van der Waals surface area contributed by atoms with Gasteiger partial charge >= 0.3 is 5.97 Å².